The van der Waals surface area contributed by atoms with Gasteiger partial charge in [0.05, 0.1) is 18.5 Å². The molecule has 5 nitrogen and oxygen atoms in total. The van der Waals surface area contributed by atoms with Crippen LogP contribution in [0.5, 0.6) is 0 Å². The van der Waals surface area contributed by atoms with Crippen LogP contribution in [-0.2, 0) is 11.3 Å². The van der Waals surface area contributed by atoms with Gasteiger partial charge in [-0.2, -0.15) is 0 Å². The fourth-order valence-electron chi connectivity index (χ4n) is 3.20. The number of furan rings is 1. The highest BCUT2D eigenvalue weighted by Gasteiger charge is 2.15. The Hall–Kier alpha value is -2.17. The van der Waals surface area contributed by atoms with Gasteiger partial charge in [0.25, 0.3) is 0 Å². The number of hydrogen-bond donors (Lipinski definition) is 1. The van der Waals surface area contributed by atoms with Crippen molar-refractivity contribution in [1.82, 2.24) is 15.3 Å². The van der Waals surface area contributed by atoms with Crippen molar-refractivity contribution in [1.29, 1.82) is 0 Å². The highest BCUT2D eigenvalue weighted by atomic mass is 16.3. The van der Waals surface area contributed by atoms with Crippen molar-refractivity contribution in [3.63, 3.8) is 0 Å². The fourth-order valence-corrected chi connectivity index (χ4v) is 3.20. The molecule has 2 heterocycles. The normalized spacial score (nSPS) is 15.5. The predicted molar refractivity (Wildman–Crippen MR) is 87.4 cm³/mol. The lowest BCUT2D eigenvalue weighted by Gasteiger charge is -2.21. The molecule has 1 N–H and O–H groups in total. The average Bonchev–Trinajstić information content (AvgIpc) is 3.14. The van der Waals surface area contributed by atoms with Crippen LogP contribution in [0.2, 0.25) is 0 Å². The van der Waals surface area contributed by atoms with Crippen LogP contribution in [0, 0.1) is 5.92 Å². The minimum Gasteiger partial charge on any atom is -0.463 e. The van der Waals surface area contributed by atoms with E-state index in [0.717, 1.165) is 18.0 Å². The summed E-state index contributed by atoms with van der Waals surface area (Å²) in [6.45, 7) is 0.382. The molecule has 0 unspecified atom stereocenters. The Kier molecular flexibility index (Phi) is 5.40. The maximum Gasteiger partial charge on any atom is 0.220 e. The first-order valence-corrected chi connectivity index (χ1v) is 8.43. The summed E-state index contributed by atoms with van der Waals surface area (Å²) >= 11 is 0. The van der Waals surface area contributed by atoms with Gasteiger partial charge >= 0.3 is 0 Å². The van der Waals surface area contributed by atoms with Crippen molar-refractivity contribution in [2.24, 2.45) is 5.92 Å². The molecule has 1 amide bonds. The molecule has 0 radical (unpaired) electrons. The van der Waals surface area contributed by atoms with Crippen molar-refractivity contribution in [2.45, 2.75) is 51.5 Å². The van der Waals surface area contributed by atoms with Gasteiger partial charge in [-0.05, 0) is 24.5 Å². The van der Waals surface area contributed by atoms with Crippen molar-refractivity contribution >= 4 is 5.91 Å². The first kappa shape index (κ1) is 15.7. The van der Waals surface area contributed by atoms with E-state index in [-0.39, 0.29) is 5.91 Å². The smallest absolute Gasteiger partial charge is 0.220 e. The van der Waals surface area contributed by atoms with E-state index in [1.807, 2.05) is 12.1 Å². The van der Waals surface area contributed by atoms with E-state index in [0.29, 0.717) is 24.4 Å². The zero-order valence-electron chi connectivity index (χ0n) is 13.3. The minimum absolute atomic E-state index is 0.0895. The number of amides is 1. The summed E-state index contributed by atoms with van der Waals surface area (Å²) in [5.41, 5.74) is 1.42. The number of nitrogens with one attached hydrogen (secondary N) is 1. The summed E-state index contributed by atoms with van der Waals surface area (Å²) in [6.07, 6.45) is 13.0. The van der Waals surface area contributed by atoms with Gasteiger partial charge in [0.2, 0.25) is 5.91 Å². The van der Waals surface area contributed by atoms with Gasteiger partial charge in [0.1, 0.15) is 5.69 Å². The minimum atomic E-state index is 0.0895. The molecule has 2 aromatic heterocycles. The lowest BCUT2D eigenvalue weighted by atomic mass is 9.86. The number of hydrogen-bond acceptors (Lipinski definition) is 4. The van der Waals surface area contributed by atoms with Crippen LogP contribution in [0.1, 0.15) is 50.6 Å². The number of carbonyl (C=O) groups is 1. The first-order chi connectivity index (χ1) is 11.3. The van der Waals surface area contributed by atoms with E-state index in [9.17, 15) is 4.79 Å². The molecule has 122 valence electrons. The molecular formula is C18H23N3O2. The third kappa shape index (κ3) is 4.41. The summed E-state index contributed by atoms with van der Waals surface area (Å²) < 4.78 is 5.38. The summed E-state index contributed by atoms with van der Waals surface area (Å²) in [7, 11) is 0. The van der Waals surface area contributed by atoms with E-state index in [1.165, 1.54) is 32.1 Å². The van der Waals surface area contributed by atoms with Gasteiger partial charge in [0.15, 0.2) is 5.76 Å². The maximum absolute atomic E-state index is 12.1. The Morgan fingerprint density at radius 3 is 2.83 bits per heavy atom. The second-order valence-corrected chi connectivity index (χ2v) is 6.15. The summed E-state index contributed by atoms with van der Waals surface area (Å²) in [4.78, 5) is 20.7. The van der Waals surface area contributed by atoms with Gasteiger partial charge in [-0.15, -0.1) is 0 Å². The van der Waals surface area contributed by atoms with Crippen LogP contribution in [0.15, 0.2) is 35.2 Å². The zero-order chi connectivity index (χ0) is 15.9. The Morgan fingerprint density at radius 1 is 1.22 bits per heavy atom. The lowest BCUT2D eigenvalue weighted by molar-refractivity contribution is -0.121. The molecule has 2 aromatic rings. The van der Waals surface area contributed by atoms with Gasteiger partial charge in [-0.25, -0.2) is 4.98 Å². The van der Waals surface area contributed by atoms with E-state index in [2.05, 4.69) is 15.3 Å². The molecule has 0 aliphatic heterocycles. The molecule has 0 spiro atoms. The predicted octanol–water partition coefficient (Wildman–Crippen LogP) is 3.71. The second-order valence-electron chi connectivity index (χ2n) is 6.15. The summed E-state index contributed by atoms with van der Waals surface area (Å²) in [5.74, 6) is 1.49. The molecule has 1 aliphatic rings. The van der Waals surface area contributed by atoms with Crippen LogP contribution < -0.4 is 5.32 Å². The lowest BCUT2D eigenvalue weighted by Crippen LogP contribution is -2.24. The monoisotopic (exact) mass is 313 g/mol. The molecule has 1 saturated carbocycles. The van der Waals surface area contributed by atoms with Gasteiger partial charge in [0, 0.05) is 18.8 Å². The van der Waals surface area contributed by atoms with Crippen molar-refractivity contribution in [3.05, 3.63) is 36.5 Å². The van der Waals surface area contributed by atoms with E-state index >= 15 is 0 Å². The Balaban J connectivity index is 1.51. The van der Waals surface area contributed by atoms with Gasteiger partial charge in [-0.3, -0.25) is 9.78 Å². The molecule has 23 heavy (non-hydrogen) atoms. The molecule has 5 heteroatoms. The highest BCUT2D eigenvalue weighted by Crippen LogP contribution is 2.27. The number of aromatic nitrogens is 2. The third-order valence-electron chi connectivity index (χ3n) is 4.49. The maximum atomic E-state index is 12.1. The second kappa shape index (κ2) is 7.90. The van der Waals surface area contributed by atoms with Crippen LogP contribution in [-0.4, -0.2) is 15.9 Å². The molecule has 0 bridgehead atoms. The largest absolute Gasteiger partial charge is 0.463 e. The van der Waals surface area contributed by atoms with E-state index in [4.69, 9.17) is 4.42 Å². The molecule has 0 saturated heterocycles. The summed E-state index contributed by atoms with van der Waals surface area (Å²) in [5, 5.41) is 2.96. The van der Waals surface area contributed by atoms with Crippen molar-refractivity contribution < 1.29 is 9.21 Å². The van der Waals surface area contributed by atoms with E-state index < -0.39 is 0 Å². The van der Waals surface area contributed by atoms with Gasteiger partial charge < -0.3 is 9.73 Å². The molecule has 1 aliphatic carbocycles. The molecule has 0 atom stereocenters. The SMILES string of the molecule is O=C(CCC1CCCCC1)NCc1nccnc1-c1ccco1. The Bertz CT molecular complexity index is 619. The summed E-state index contributed by atoms with van der Waals surface area (Å²) in [6, 6.07) is 3.66. The van der Waals surface area contributed by atoms with Crippen molar-refractivity contribution in [3.8, 4) is 11.5 Å². The Labute approximate surface area is 136 Å². The quantitative estimate of drug-likeness (QED) is 0.882. The number of carbonyl (C=O) groups excluding carboxylic acids is 1. The standard InChI is InChI=1S/C18H23N3O2/c22-17(9-8-14-5-2-1-3-6-14)21-13-15-18(20-11-10-19-15)16-7-4-12-23-16/h4,7,10-12,14H,1-3,5-6,8-9,13H2,(H,21,22). The third-order valence-corrected chi connectivity index (χ3v) is 4.49. The first-order valence-electron chi connectivity index (χ1n) is 8.43. The van der Waals surface area contributed by atoms with Crippen LogP contribution in [0.25, 0.3) is 11.5 Å². The average molecular weight is 313 g/mol. The zero-order valence-corrected chi connectivity index (χ0v) is 13.3. The molecule has 3 rings (SSSR count). The fraction of sp³-hybridized carbons (Fsp3) is 0.500. The molecular weight excluding hydrogens is 290 g/mol. The topological polar surface area (TPSA) is 68.0 Å². The van der Waals surface area contributed by atoms with Crippen LogP contribution >= 0.6 is 0 Å². The van der Waals surface area contributed by atoms with Crippen LogP contribution in [0.3, 0.4) is 0 Å². The number of nitrogens with zero attached hydrogens (tertiary/aromatic N) is 2. The molecule has 1 fully saturated rings. The van der Waals surface area contributed by atoms with Crippen molar-refractivity contribution in [2.75, 3.05) is 0 Å². The van der Waals surface area contributed by atoms with E-state index in [1.54, 1.807) is 18.7 Å². The van der Waals surface area contributed by atoms with Crippen LogP contribution in [0.4, 0.5) is 0 Å². The molecule has 0 aromatic carbocycles. The number of rotatable bonds is 6. The van der Waals surface area contributed by atoms with Gasteiger partial charge in [-0.1, -0.05) is 32.1 Å². The highest BCUT2D eigenvalue weighted by molar-refractivity contribution is 5.76. The Morgan fingerprint density at radius 2 is 2.04 bits per heavy atom.